The number of ether oxygens (including phenoxy) is 2. The number of benzene rings is 1. The molecule has 0 atom stereocenters. The molecule has 0 radical (unpaired) electrons. The van der Waals surface area contributed by atoms with Crippen LogP contribution in [0.5, 0.6) is 11.5 Å². The van der Waals surface area contributed by atoms with Gasteiger partial charge in [-0.1, -0.05) is 6.07 Å². The number of Topliss-reactive ketones (excluding diaryl/α,β-unsaturated/α-hetero) is 1. The number of rotatable bonds is 8. The van der Waals surface area contributed by atoms with E-state index in [9.17, 15) is 4.79 Å². The Bertz CT molecular complexity index is 720. The summed E-state index contributed by atoms with van der Waals surface area (Å²) in [5, 5.41) is 3.22. The Labute approximate surface area is 143 Å². The van der Waals surface area contributed by atoms with Crippen LogP contribution in [0.4, 0.5) is 0 Å². The lowest BCUT2D eigenvalue weighted by Gasteiger charge is -2.10. The lowest BCUT2D eigenvalue weighted by molar-refractivity contribution is 0.0990. The molecule has 1 aromatic carbocycles. The highest BCUT2D eigenvalue weighted by atomic mass is 16.5. The van der Waals surface area contributed by atoms with Gasteiger partial charge in [0.05, 0.1) is 20.8 Å². The molecule has 1 heterocycles. The maximum atomic E-state index is 12.3. The lowest BCUT2D eigenvalue weighted by atomic mass is 10.1. The number of ketones is 1. The monoisotopic (exact) mass is 330 g/mol. The first kappa shape index (κ1) is 18.1. The minimum atomic E-state index is 0.128. The van der Waals surface area contributed by atoms with Gasteiger partial charge in [0.15, 0.2) is 17.3 Å². The van der Waals surface area contributed by atoms with E-state index >= 15 is 0 Å². The largest absolute Gasteiger partial charge is 0.493 e. The predicted molar refractivity (Wildman–Crippen MR) is 95.3 cm³/mol. The minimum Gasteiger partial charge on any atom is -0.493 e. The third kappa shape index (κ3) is 3.97. The van der Waals surface area contributed by atoms with Crippen LogP contribution in [-0.4, -0.2) is 37.7 Å². The van der Waals surface area contributed by atoms with Crippen LogP contribution < -0.4 is 14.8 Å². The number of methoxy groups -OCH3 is 2. The molecule has 0 aliphatic heterocycles. The van der Waals surface area contributed by atoms with E-state index in [1.165, 1.54) is 0 Å². The number of hydrogen-bond donors (Lipinski definition) is 1. The zero-order valence-corrected chi connectivity index (χ0v) is 15.1. The molecule has 2 rings (SSSR count). The van der Waals surface area contributed by atoms with E-state index < -0.39 is 0 Å². The van der Waals surface area contributed by atoms with Crippen LogP contribution in [0.25, 0.3) is 0 Å². The van der Waals surface area contributed by atoms with E-state index in [1.54, 1.807) is 14.2 Å². The number of carbonyl (C=O) groups is 1. The maximum absolute atomic E-state index is 12.3. The van der Waals surface area contributed by atoms with Crippen molar-refractivity contribution >= 4 is 5.78 Å². The summed E-state index contributed by atoms with van der Waals surface area (Å²) in [6.07, 6.45) is 0.820. The van der Waals surface area contributed by atoms with Gasteiger partial charge < -0.3 is 19.4 Å². The highest BCUT2D eigenvalue weighted by Crippen LogP contribution is 2.27. The van der Waals surface area contributed by atoms with Crippen LogP contribution in [0.3, 0.4) is 0 Å². The van der Waals surface area contributed by atoms with Crippen LogP contribution in [0.2, 0.25) is 0 Å². The van der Waals surface area contributed by atoms with E-state index in [0.29, 0.717) is 6.54 Å². The summed E-state index contributed by atoms with van der Waals surface area (Å²) in [6, 6.07) is 7.83. The summed E-state index contributed by atoms with van der Waals surface area (Å²) < 4.78 is 12.6. The Hall–Kier alpha value is -2.27. The Balaban J connectivity index is 1.86. The fourth-order valence-corrected chi connectivity index (χ4v) is 2.70. The molecule has 0 spiro atoms. The summed E-state index contributed by atoms with van der Waals surface area (Å²) in [5.74, 6) is 1.57. The first-order chi connectivity index (χ1) is 11.5. The van der Waals surface area contributed by atoms with Gasteiger partial charge in [0, 0.05) is 24.0 Å². The molecule has 5 nitrogen and oxygen atoms in total. The quantitative estimate of drug-likeness (QED) is 0.597. The van der Waals surface area contributed by atoms with Crippen molar-refractivity contribution in [1.82, 2.24) is 9.88 Å². The Morgan fingerprint density at radius 3 is 2.42 bits per heavy atom. The van der Waals surface area contributed by atoms with Gasteiger partial charge >= 0.3 is 0 Å². The Kier molecular flexibility index (Phi) is 6.04. The van der Waals surface area contributed by atoms with Crippen molar-refractivity contribution in [2.45, 2.75) is 20.3 Å². The molecule has 0 aliphatic rings. The molecule has 1 aromatic heterocycles. The van der Waals surface area contributed by atoms with Crippen LogP contribution in [-0.2, 0) is 13.5 Å². The highest BCUT2D eigenvalue weighted by molar-refractivity contribution is 5.99. The first-order valence-corrected chi connectivity index (χ1v) is 8.05. The minimum absolute atomic E-state index is 0.128. The van der Waals surface area contributed by atoms with Crippen molar-refractivity contribution < 1.29 is 14.3 Å². The number of nitrogens with zero attached hydrogens (tertiary/aromatic N) is 1. The van der Waals surface area contributed by atoms with Crippen molar-refractivity contribution in [3.63, 3.8) is 0 Å². The van der Waals surface area contributed by atoms with Crippen LogP contribution in [0.1, 0.15) is 27.3 Å². The number of aryl methyl sites for hydroxylation is 1. The van der Waals surface area contributed by atoms with Crippen molar-refractivity contribution in [3.05, 3.63) is 46.8 Å². The van der Waals surface area contributed by atoms with E-state index in [-0.39, 0.29) is 5.78 Å². The summed E-state index contributed by atoms with van der Waals surface area (Å²) in [4.78, 5) is 12.3. The lowest BCUT2D eigenvalue weighted by Crippen LogP contribution is -2.25. The molecule has 0 saturated carbocycles. The standard InChI is InChI=1S/C19H26N2O3/c1-13-10-16(14(2)21(13)3)17(22)12-20-9-8-15-6-7-18(23-4)19(11-15)24-5/h6-7,10-11,20H,8-9,12H2,1-5H3. The zero-order chi connectivity index (χ0) is 17.7. The number of hydrogen-bond acceptors (Lipinski definition) is 4. The third-order valence-electron chi connectivity index (χ3n) is 4.40. The van der Waals surface area contributed by atoms with E-state index in [0.717, 1.165) is 47.0 Å². The maximum Gasteiger partial charge on any atom is 0.178 e. The molecule has 0 saturated heterocycles. The normalized spacial score (nSPS) is 10.7. The van der Waals surface area contributed by atoms with E-state index in [1.807, 2.05) is 49.7 Å². The molecule has 5 heteroatoms. The summed E-state index contributed by atoms with van der Waals surface area (Å²) in [5.41, 5.74) is 4.05. The molecule has 130 valence electrons. The van der Waals surface area contributed by atoms with Crippen molar-refractivity contribution in [3.8, 4) is 11.5 Å². The van der Waals surface area contributed by atoms with Gasteiger partial charge in [-0.15, -0.1) is 0 Å². The molecule has 0 fully saturated rings. The van der Waals surface area contributed by atoms with Crippen LogP contribution in [0, 0.1) is 13.8 Å². The molecule has 0 amide bonds. The molecular weight excluding hydrogens is 304 g/mol. The number of nitrogens with one attached hydrogen (secondary N) is 1. The SMILES string of the molecule is COc1ccc(CCNCC(=O)c2cc(C)n(C)c2C)cc1OC. The fourth-order valence-electron chi connectivity index (χ4n) is 2.70. The predicted octanol–water partition coefficient (Wildman–Crippen LogP) is 2.67. The second kappa shape index (κ2) is 8.02. The summed E-state index contributed by atoms with van der Waals surface area (Å²) in [6.45, 7) is 5.06. The number of aromatic nitrogens is 1. The smallest absolute Gasteiger partial charge is 0.178 e. The number of carbonyl (C=O) groups excluding carboxylic acids is 1. The molecule has 2 aromatic rings. The molecule has 0 bridgehead atoms. The molecule has 0 unspecified atom stereocenters. The molecular formula is C19H26N2O3. The van der Waals surface area contributed by atoms with Crippen molar-refractivity contribution in [2.24, 2.45) is 7.05 Å². The first-order valence-electron chi connectivity index (χ1n) is 8.05. The molecule has 1 N–H and O–H groups in total. The Morgan fingerprint density at radius 1 is 1.12 bits per heavy atom. The average Bonchev–Trinajstić information content (AvgIpc) is 2.85. The fraction of sp³-hybridized carbons (Fsp3) is 0.421. The van der Waals surface area contributed by atoms with Crippen molar-refractivity contribution in [1.29, 1.82) is 0 Å². The average molecular weight is 330 g/mol. The summed E-state index contributed by atoms with van der Waals surface area (Å²) in [7, 11) is 5.23. The van der Waals surface area contributed by atoms with Crippen LogP contribution in [0.15, 0.2) is 24.3 Å². The van der Waals surface area contributed by atoms with Gasteiger partial charge in [-0.05, 0) is 50.6 Å². The van der Waals surface area contributed by atoms with Gasteiger partial charge in [0.25, 0.3) is 0 Å². The van der Waals surface area contributed by atoms with Gasteiger partial charge in [-0.25, -0.2) is 0 Å². The highest BCUT2D eigenvalue weighted by Gasteiger charge is 2.13. The summed E-state index contributed by atoms with van der Waals surface area (Å²) >= 11 is 0. The van der Waals surface area contributed by atoms with Gasteiger partial charge in [0.2, 0.25) is 0 Å². The topological polar surface area (TPSA) is 52.5 Å². The van der Waals surface area contributed by atoms with Crippen molar-refractivity contribution in [2.75, 3.05) is 27.3 Å². The van der Waals surface area contributed by atoms with Crippen LogP contribution >= 0.6 is 0 Å². The van der Waals surface area contributed by atoms with Gasteiger partial charge in [-0.2, -0.15) is 0 Å². The zero-order valence-electron chi connectivity index (χ0n) is 15.1. The van der Waals surface area contributed by atoms with Gasteiger partial charge in [-0.3, -0.25) is 4.79 Å². The molecule has 0 aliphatic carbocycles. The second-order valence-electron chi connectivity index (χ2n) is 5.88. The van der Waals surface area contributed by atoms with E-state index in [2.05, 4.69) is 5.32 Å². The molecule has 24 heavy (non-hydrogen) atoms. The van der Waals surface area contributed by atoms with Gasteiger partial charge in [0.1, 0.15) is 0 Å². The Morgan fingerprint density at radius 2 is 1.83 bits per heavy atom. The van der Waals surface area contributed by atoms with E-state index in [4.69, 9.17) is 9.47 Å². The third-order valence-corrected chi connectivity index (χ3v) is 4.40. The second-order valence-corrected chi connectivity index (χ2v) is 5.88.